The summed E-state index contributed by atoms with van der Waals surface area (Å²) in [6.45, 7) is 2.58. The van der Waals surface area contributed by atoms with Gasteiger partial charge in [-0.1, -0.05) is 41.4 Å². The molecule has 1 atom stereocenters. The Morgan fingerprint density at radius 1 is 1.03 bits per heavy atom. The zero-order chi connectivity index (χ0) is 26.7. The molecule has 2 aromatic carbocycles. The van der Waals surface area contributed by atoms with Gasteiger partial charge >= 0.3 is 6.18 Å². The molecule has 36 heavy (non-hydrogen) atoms. The van der Waals surface area contributed by atoms with E-state index in [4.69, 9.17) is 23.2 Å². The van der Waals surface area contributed by atoms with Crippen LogP contribution in [0.1, 0.15) is 29.0 Å². The molecule has 0 aromatic heterocycles. The number of amides is 1. The van der Waals surface area contributed by atoms with E-state index >= 15 is 0 Å². The first-order chi connectivity index (χ1) is 16.8. The molecule has 0 radical (unpaired) electrons. The molecule has 0 bridgehead atoms. The van der Waals surface area contributed by atoms with Crippen LogP contribution < -0.4 is 0 Å². The van der Waals surface area contributed by atoms with Gasteiger partial charge in [0.1, 0.15) is 0 Å². The van der Waals surface area contributed by atoms with Crippen LogP contribution in [0.4, 0.5) is 13.2 Å². The van der Waals surface area contributed by atoms with E-state index in [1.807, 2.05) is 0 Å². The topological polar surface area (TPSA) is 60.9 Å². The molecule has 1 heterocycles. The minimum Gasteiger partial charge on any atom is -0.341 e. The highest BCUT2D eigenvalue weighted by Gasteiger charge is 2.31. The largest absolute Gasteiger partial charge is 0.416 e. The van der Waals surface area contributed by atoms with E-state index in [1.165, 1.54) is 27.6 Å². The molecule has 2 aromatic rings. The van der Waals surface area contributed by atoms with Crippen molar-refractivity contribution in [2.75, 3.05) is 46.0 Å². The van der Waals surface area contributed by atoms with E-state index < -0.39 is 27.7 Å². The normalized spacial score (nSPS) is 16.6. The zero-order valence-electron chi connectivity index (χ0n) is 19.9. The number of sulfonamides is 1. The molecule has 0 aliphatic carbocycles. The quantitative estimate of drug-likeness (QED) is 0.464. The monoisotopic (exact) mass is 565 g/mol. The number of rotatable bonds is 8. The zero-order valence-corrected chi connectivity index (χ0v) is 22.3. The van der Waals surface area contributed by atoms with Crippen LogP contribution in [0, 0.1) is 0 Å². The van der Waals surface area contributed by atoms with Crippen LogP contribution in [0.5, 0.6) is 0 Å². The minimum absolute atomic E-state index is 0.141. The van der Waals surface area contributed by atoms with Gasteiger partial charge in [-0.25, -0.2) is 8.42 Å². The van der Waals surface area contributed by atoms with Crippen molar-refractivity contribution in [2.45, 2.75) is 25.1 Å². The molecular formula is C24H28Cl2F3N3O3S. The maximum atomic E-state index is 13.5. The van der Waals surface area contributed by atoms with Gasteiger partial charge in [0.05, 0.1) is 27.8 Å². The minimum atomic E-state index is -4.42. The van der Waals surface area contributed by atoms with Crippen molar-refractivity contribution >= 4 is 39.1 Å². The molecule has 1 aliphatic rings. The third kappa shape index (κ3) is 7.58. The number of carbonyl (C=O) groups excluding carboxylic acids is 1. The molecule has 198 valence electrons. The fourth-order valence-electron chi connectivity index (χ4n) is 4.18. The Hall–Kier alpha value is -1.85. The summed E-state index contributed by atoms with van der Waals surface area (Å²) in [7, 11) is -1.63. The van der Waals surface area contributed by atoms with Gasteiger partial charge in [-0.15, -0.1) is 0 Å². The number of likely N-dealkylation sites (N-methyl/N-ethyl adjacent to an activating group) is 1. The first-order valence-electron chi connectivity index (χ1n) is 11.3. The van der Waals surface area contributed by atoms with Crippen LogP contribution in [-0.4, -0.2) is 74.5 Å². The summed E-state index contributed by atoms with van der Waals surface area (Å²) >= 11 is 12.3. The maximum Gasteiger partial charge on any atom is 0.416 e. The summed E-state index contributed by atoms with van der Waals surface area (Å²) in [6.07, 6.45) is -2.78. The summed E-state index contributed by atoms with van der Waals surface area (Å²) in [5.74, 6) is -0.768. The van der Waals surface area contributed by atoms with Crippen LogP contribution in [0.15, 0.2) is 42.5 Å². The summed E-state index contributed by atoms with van der Waals surface area (Å²) in [5, 5.41) is 0.681. The van der Waals surface area contributed by atoms with Crippen LogP contribution in [0.25, 0.3) is 0 Å². The lowest BCUT2D eigenvalue weighted by molar-refractivity contribution is -0.137. The Bertz CT molecular complexity index is 1170. The van der Waals surface area contributed by atoms with E-state index in [-0.39, 0.29) is 12.5 Å². The second kappa shape index (κ2) is 11.7. The summed E-state index contributed by atoms with van der Waals surface area (Å²) < 4.78 is 63.5. The number of hydrogen-bond donors (Lipinski definition) is 0. The standard InChI is InChI=1S/C24H28Cl2F3N3O3S/c1-30(16-17-3-6-19(7-4-17)24(27,28)29)23(33)20(18-5-8-21(25)22(26)15-18)9-10-31-11-13-32(14-12-31)36(2,34)35/h3-8,15,20H,9-14,16H2,1-2H3. The van der Waals surface area contributed by atoms with Crippen molar-refractivity contribution < 1.29 is 26.4 Å². The molecule has 0 N–H and O–H groups in total. The Morgan fingerprint density at radius 2 is 1.64 bits per heavy atom. The van der Waals surface area contributed by atoms with Gasteiger partial charge in [-0.05, 0) is 48.4 Å². The highest BCUT2D eigenvalue weighted by atomic mass is 35.5. The van der Waals surface area contributed by atoms with Gasteiger partial charge in [0.25, 0.3) is 0 Å². The predicted molar refractivity (Wildman–Crippen MR) is 135 cm³/mol. The van der Waals surface area contributed by atoms with Gasteiger partial charge in [0.2, 0.25) is 15.9 Å². The third-order valence-electron chi connectivity index (χ3n) is 6.26. The van der Waals surface area contributed by atoms with Crippen molar-refractivity contribution in [3.8, 4) is 0 Å². The molecule has 12 heteroatoms. The lowest BCUT2D eigenvalue weighted by Gasteiger charge is -2.34. The summed E-state index contributed by atoms with van der Waals surface area (Å²) in [6, 6.07) is 9.75. The highest BCUT2D eigenvalue weighted by Crippen LogP contribution is 2.31. The molecule has 1 fully saturated rings. The number of carbonyl (C=O) groups is 1. The number of halogens is 5. The molecule has 1 unspecified atom stereocenters. The molecule has 6 nitrogen and oxygen atoms in total. The number of alkyl halides is 3. The number of benzene rings is 2. The van der Waals surface area contributed by atoms with E-state index in [0.29, 0.717) is 60.3 Å². The number of nitrogens with zero attached hydrogens (tertiary/aromatic N) is 3. The van der Waals surface area contributed by atoms with Gasteiger partial charge in [0.15, 0.2) is 0 Å². The SMILES string of the molecule is CN(Cc1ccc(C(F)(F)F)cc1)C(=O)C(CCN1CCN(S(C)(=O)=O)CC1)c1ccc(Cl)c(Cl)c1. The van der Waals surface area contributed by atoms with E-state index in [9.17, 15) is 26.4 Å². The molecule has 1 amide bonds. The molecule has 0 saturated carbocycles. The van der Waals surface area contributed by atoms with Crippen LogP contribution in [-0.2, 0) is 27.5 Å². The maximum absolute atomic E-state index is 13.5. The lowest BCUT2D eigenvalue weighted by atomic mass is 9.93. The smallest absolute Gasteiger partial charge is 0.341 e. The Morgan fingerprint density at radius 3 is 2.17 bits per heavy atom. The Balaban J connectivity index is 1.72. The van der Waals surface area contributed by atoms with Crippen LogP contribution in [0.3, 0.4) is 0 Å². The fourth-order valence-corrected chi connectivity index (χ4v) is 5.31. The first kappa shape index (κ1) is 28.7. The first-order valence-corrected chi connectivity index (χ1v) is 13.9. The molecular weight excluding hydrogens is 538 g/mol. The molecule has 1 aliphatic heterocycles. The van der Waals surface area contributed by atoms with Gasteiger partial charge in [-0.3, -0.25) is 4.79 Å². The second-order valence-corrected chi connectivity index (χ2v) is 11.7. The average molecular weight is 566 g/mol. The molecule has 1 saturated heterocycles. The Labute approximate surface area is 219 Å². The Kier molecular flexibility index (Phi) is 9.32. The van der Waals surface area contributed by atoms with Crippen LogP contribution >= 0.6 is 23.2 Å². The van der Waals surface area contributed by atoms with E-state index in [1.54, 1.807) is 25.2 Å². The second-order valence-electron chi connectivity index (χ2n) is 8.91. The van der Waals surface area contributed by atoms with Gasteiger partial charge < -0.3 is 9.80 Å². The number of hydrogen-bond acceptors (Lipinski definition) is 4. The summed E-state index contributed by atoms with van der Waals surface area (Å²) in [4.78, 5) is 17.1. The van der Waals surface area contributed by atoms with E-state index in [2.05, 4.69) is 4.90 Å². The highest BCUT2D eigenvalue weighted by molar-refractivity contribution is 7.88. The van der Waals surface area contributed by atoms with Gasteiger partial charge in [0, 0.05) is 39.8 Å². The van der Waals surface area contributed by atoms with Crippen molar-refractivity contribution in [1.29, 1.82) is 0 Å². The number of piperazine rings is 1. The molecule has 3 rings (SSSR count). The average Bonchev–Trinajstić information content (AvgIpc) is 2.80. The lowest BCUT2D eigenvalue weighted by Crippen LogP contribution is -2.48. The van der Waals surface area contributed by atoms with Crippen molar-refractivity contribution in [3.63, 3.8) is 0 Å². The van der Waals surface area contributed by atoms with Crippen molar-refractivity contribution in [2.24, 2.45) is 0 Å². The fraction of sp³-hybridized carbons (Fsp3) is 0.458. The third-order valence-corrected chi connectivity index (χ3v) is 8.30. The predicted octanol–water partition coefficient (Wildman–Crippen LogP) is 4.72. The van der Waals surface area contributed by atoms with Crippen LogP contribution in [0.2, 0.25) is 10.0 Å². The van der Waals surface area contributed by atoms with Crippen molar-refractivity contribution in [3.05, 3.63) is 69.2 Å². The molecule has 0 spiro atoms. The van der Waals surface area contributed by atoms with Gasteiger partial charge in [-0.2, -0.15) is 17.5 Å². The van der Waals surface area contributed by atoms with E-state index in [0.717, 1.165) is 12.1 Å². The summed E-state index contributed by atoms with van der Waals surface area (Å²) in [5.41, 5.74) is 0.511. The van der Waals surface area contributed by atoms with Crippen molar-refractivity contribution in [1.82, 2.24) is 14.1 Å².